The van der Waals surface area contributed by atoms with Crippen molar-refractivity contribution in [1.29, 1.82) is 0 Å². The van der Waals surface area contributed by atoms with E-state index in [1.54, 1.807) is 27.4 Å². The van der Waals surface area contributed by atoms with Gasteiger partial charge in [-0.1, -0.05) is 106 Å². The van der Waals surface area contributed by atoms with Crippen molar-refractivity contribution in [1.82, 2.24) is 0 Å². The molecule has 292 valence electrons. The summed E-state index contributed by atoms with van der Waals surface area (Å²) in [4.78, 5) is 0. The first-order valence-corrected chi connectivity index (χ1v) is 21.1. The van der Waals surface area contributed by atoms with E-state index >= 15 is 0 Å². The van der Waals surface area contributed by atoms with Crippen LogP contribution in [-0.4, -0.2) is 3.21 Å². The van der Waals surface area contributed by atoms with Gasteiger partial charge in [0.25, 0.3) is 0 Å². The molecule has 3 heteroatoms. The topological polar surface area (TPSA) is 0 Å². The second-order valence-corrected chi connectivity index (χ2v) is 20.9. The van der Waals surface area contributed by atoms with Gasteiger partial charge >= 0.3 is 112 Å². The SMILES string of the molecule is CC(C)(C)C1=[C-]C(C)(C)c2cc3c(cc21)-c1cc2c(cc1C3)C(C)(C)C=C2C(C)(C)C.CC1=CC(C)[C-]=C1.[Cl-].[Cl-].[Zr+2]=[C](Cc1ccccc1)Cc1ccccc1. The zero-order valence-electron chi connectivity index (χ0n) is 35.8. The number of benzene rings is 4. The Kier molecular flexibility index (Phi) is 14.4. The quantitative estimate of drug-likeness (QED) is 0.163. The van der Waals surface area contributed by atoms with Crippen LogP contribution in [0.25, 0.3) is 22.3 Å². The Bertz CT molecular complexity index is 2040. The number of fused-ring (bicyclic) bond motifs is 5. The minimum atomic E-state index is -0.0202. The summed E-state index contributed by atoms with van der Waals surface area (Å²) >= 11 is 1.55. The third kappa shape index (κ3) is 10.2. The fraction of sp³-hybridized carbons (Fsp3) is 0.377. The van der Waals surface area contributed by atoms with Gasteiger partial charge in [0.15, 0.2) is 0 Å². The van der Waals surface area contributed by atoms with Gasteiger partial charge in [0.1, 0.15) is 0 Å². The molecule has 0 saturated carbocycles. The van der Waals surface area contributed by atoms with E-state index in [2.05, 4.69) is 192 Å². The summed E-state index contributed by atoms with van der Waals surface area (Å²) in [6.07, 6.45) is 17.0. The number of rotatable bonds is 4. The van der Waals surface area contributed by atoms with Crippen molar-refractivity contribution in [2.75, 3.05) is 0 Å². The first-order chi connectivity index (χ1) is 25.2. The van der Waals surface area contributed by atoms with Gasteiger partial charge in [-0.2, -0.15) is 11.6 Å². The van der Waals surface area contributed by atoms with Crippen LogP contribution in [0.5, 0.6) is 0 Å². The number of hydrogen-bond donors (Lipinski definition) is 0. The standard InChI is InChI=1S/C31H37.C15H14.C7H9.2ClH.Zr/c1-28(2,3)26-16-30(7,8)24-12-18-11-19-13-25-23(15-21(19)20(18)14-22(24)26)27(29(4,5)6)17-31(25,9)10;1-3-8-14(9-4-1)12-7-13-15-10-5-2-6-11-15;1-6-3-4-7(2)5-6;;;/h12-16H,11H2,1-10H3;1-6,8-11H,12-13H2;3,5,7H,1-2H3;2*1H;/q-1;;-1;;;+2/p-2. The van der Waals surface area contributed by atoms with E-state index in [-0.39, 0.29) is 46.5 Å². The van der Waals surface area contributed by atoms with Gasteiger partial charge in [-0.3, -0.25) is 12.2 Å². The molecule has 0 spiro atoms. The Morgan fingerprint density at radius 2 is 1.20 bits per heavy atom. The molecule has 0 bridgehead atoms. The fourth-order valence-corrected chi connectivity index (χ4v) is 9.45. The molecule has 0 radical (unpaired) electrons. The average Bonchev–Trinajstić information content (AvgIpc) is 3.80. The molecule has 4 aliphatic carbocycles. The van der Waals surface area contributed by atoms with Gasteiger partial charge in [0.05, 0.1) is 0 Å². The summed E-state index contributed by atoms with van der Waals surface area (Å²) in [6.45, 7) is 27.6. The molecular formula is C53H60Cl2Zr-2. The average molecular weight is 859 g/mol. The Morgan fingerprint density at radius 3 is 1.62 bits per heavy atom. The van der Waals surface area contributed by atoms with Crippen LogP contribution in [0.4, 0.5) is 0 Å². The Hall–Kier alpha value is -2.83. The van der Waals surface area contributed by atoms with Crippen LogP contribution in [0.3, 0.4) is 0 Å². The molecule has 0 heterocycles. The van der Waals surface area contributed by atoms with E-state index < -0.39 is 0 Å². The molecule has 56 heavy (non-hydrogen) atoms. The maximum atomic E-state index is 3.85. The van der Waals surface area contributed by atoms with Crippen LogP contribution >= 0.6 is 0 Å². The van der Waals surface area contributed by atoms with Gasteiger partial charge in [0.2, 0.25) is 0 Å². The Labute approximate surface area is 367 Å². The zero-order valence-corrected chi connectivity index (χ0v) is 39.7. The summed E-state index contributed by atoms with van der Waals surface area (Å²) in [5.74, 6) is 0.556. The molecule has 0 amide bonds. The first kappa shape index (κ1) is 45.9. The number of allylic oxidation sites excluding steroid dienone is 8. The molecule has 0 aromatic heterocycles. The molecule has 0 fully saturated rings. The van der Waals surface area contributed by atoms with Gasteiger partial charge in [-0.25, -0.2) is 17.2 Å². The predicted octanol–water partition coefficient (Wildman–Crippen LogP) is 7.64. The second kappa shape index (κ2) is 17.6. The van der Waals surface area contributed by atoms with E-state index in [1.807, 2.05) is 6.08 Å². The van der Waals surface area contributed by atoms with Gasteiger partial charge in [-0.05, 0) is 62.3 Å². The second-order valence-electron chi connectivity index (χ2n) is 19.1. The first-order valence-electron chi connectivity index (χ1n) is 19.9. The van der Waals surface area contributed by atoms with Crippen LogP contribution in [0.1, 0.15) is 128 Å². The minimum absolute atomic E-state index is 0. The summed E-state index contributed by atoms with van der Waals surface area (Å²) < 4.78 is 1.60. The van der Waals surface area contributed by atoms with Crippen LogP contribution < -0.4 is 24.8 Å². The van der Waals surface area contributed by atoms with E-state index in [4.69, 9.17) is 0 Å². The van der Waals surface area contributed by atoms with Crippen molar-refractivity contribution < 1.29 is 49.0 Å². The van der Waals surface area contributed by atoms with E-state index in [0.717, 1.165) is 19.3 Å². The predicted molar refractivity (Wildman–Crippen MR) is 230 cm³/mol. The molecule has 0 saturated heterocycles. The third-order valence-electron chi connectivity index (χ3n) is 11.2. The molecule has 4 aromatic rings. The Morgan fingerprint density at radius 1 is 0.696 bits per heavy atom. The molecule has 1 atom stereocenters. The van der Waals surface area contributed by atoms with E-state index in [0.29, 0.717) is 5.92 Å². The molecular weight excluding hydrogens is 799 g/mol. The molecule has 4 aliphatic rings. The maximum absolute atomic E-state index is 3.85. The molecule has 4 aromatic carbocycles. The van der Waals surface area contributed by atoms with Crippen molar-refractivity contribution >= 4 is 14.4 Å². The molecule has 8 rings (SSSR count). The summed E-state index contributed by atoms with van der Waals surface area (Å²) in [5, 5.41) is 0. The monoisotopic (exact) mass is 856 g/mol. The van der Waals surface area contributed by atoms with Crippen LogP contribution in [0.2, 0.25) is 0 Å². The number of halogens is 2. The summed E-state index contributed by atoms with van der Waals surface area (Å²) in [7, 11) is 0. The van der Waals surface area contributed by atoms with E-state index in [9.17, 15) is 0 Å². The Balaban J connectivity index is 0.000000232. The van der Waals surface area contributed by atoms with Crippen LogP contribution in [0.15, 0.2) is 109 Å². The molecule has 0 aliphatic heterocycles. The molecule has 1 unspecified atom stereocenters. The van der Waals surface area contributed by atoms with Gasteiger partial charge in [0, 0.05) is 5.41 Å². The van der Waals surface area contributed by atoms with Crippen molar-refractivity contribution in [2.45, 2.75) is 113 Å². The van der Waals surface area contributed by atoms with Crippen molar-refractivity contribution in [3.63, 3.8) is 0 Å². The fourth-order valence-electron chi connectivity index (χ4n) is 8.44. The normalized spacial score (nSPS) is 17.5. The summed E-state index contributed by atoms with van der Waals surface area (Å²) in [5.41, 5.74) is 19.1. The van der Waals surface area contributed by atoms with Crippen LogP contribution in [0, 0.1) is 28.9 Å². The zero-order chi connectivity index (χ0) is 39.2. The van der Waals surface area contributed by atoms with Gasteiger partial charge in [-0.15, -0.1) is 18.6 Å². The van der Waals surface area contributed by atoms with E-state index in [1.165, 1.54) is 72.4 Å². The van der Waals surface area contributed by atoms with Crippen molar-refractivity contribution in [2.24, 2.45) is 16.7 Å². The number of hydrogen-bond acceptors (Lipinski definition) is 0. The molecule has 0 nitrogen and oxygen atoms in total. The van der Waals surface area contributed by atoms with Crippen molar-refractivity contribution in [3.05, 3.63) is 165 Å². The van der Waals surface area contributed by atoms with Gasteiger partial charge < -0.3 is 24.8 Å². The third-order valence-corrected chi connectivity index (χ3v) is 12.1. The van der Waals surface area contributed by atoms with Crippen LogP contribution in [-0.2, 0) is 54.3 Å². The summed E-state index contributed by atoms with van der Waals surface area (Å²) in [6, 6.07) is 31.4. The van der Waals surface area contributed by atoms with Crippen molar-refractivity contribution in [3.8, 4) is 11.1 Å². The molecule has 0 N–H and O–H groups in total.